The summed E-state index contributed by atoms with van der Waals surface area (Å²) in [4.78, 5) is 45.8. The number of nitrogens with zero attached hydrogens (tertiary/aromatic N) is 3. The average Bonchev–Trinajstić information content (AvgIpc) is 3.38. The van der Waals surface area contributed by atoms with Crippen molar-refractivity contribution in [2.45, 2.75) is 37.8 Å². The third-order valence-corrected chi connectivity index (χ3v) is 6.31. The summed E-state index contributed by atoms with van der Waals surface area (Å²) in [5.74, 6) is -3.27. The number of aromatic nitrogens is 4. The van der Waals surface area contributed by atoms with Crippen LogP contribution in [0.25, 0.3) is 16.7 Å². The topological polar surface area (TPSA) is 102 Å². The van der Waals surface area contributed by atoms with Crippen LogP contribution in [0, 0.1) is 17.5 Å². The van der Waals surface area contributed by atoms with E-state index in [1.807, 2.05) is 0 Å². The fourth-order valence-corrected chi connectivity index (χ4v) is 4.57. The quantitative estimate of drug-likeness (QED) is 0.466. The summed E-state index contributed by atoms with van der Waals surface area (Å²) in [6.07, 6.45) is 5.91. The molecule has 4 aromatic rings. The zero-order valence-corrected chi connectivity index (χ0v) is 18.3. The van der Waals surface area contributed by atoms with Gasteiger partial charge in [0.15, 0.2) is 17.3 Å². The Morgan fingerprint density at radius 2 is 1.80 bits per heavy atom. The zero-order valence-electron chi connectivity index (χ0n) is 18.3. The summed E-state index contributed by atoms with van der Waals surface area (Å²) < 4.78 is 43.5. The van der Waals surface area contributed by atoms with E-state index in [-0.39, 0.29) is 28.7 Å². The number of pyridine rings is 1. The van der Waals surface area contributed by atoms with Crippen LogP contribution in [0.2, 0.25) is 0 Å². The maximum Gasteiger partial charge on any atom is 0.337 e. The SMILES string of the molecule is O=C(NC1CCC(n2c(=O)c3cc(F)cnc3n(-c3ccc(F)c(F)c3)c2=O)CC1)c1cc[nH]c1. The molecule has 3 heterocycles. The molecule has 0 atom stereocenters. The van der Waals surface area contributed by atoms with Crippen LogP contribution in [0.4, 0.5) is 13.2 Å². The number of aromatic amines is 1. The van der Waals surface area contributed by atoms with Crippen molar-refractivity contribution in [3.8, 4) is 5.69 Å². The Balaban J connectivity index is 1.52. The normalized spacial score (nSPS) is 18.0. The van der Waals surface area contributed by atoms with Crippen molar-refractivity contribution < 1.29 is 18.0 Å². The molecule has 35 heavy (non-hydrogen) atoms. The minimum absolute atomic E-state index is 0.0424. The summed E-state index contributed by atoms with van der Waals surface area (Å²) in [7, 11) is 0. The van der Waals surface area contributed by atoms with Gasteiger partial charge in [-0.25, -0.2) is 27.5 Å². The first kappa shape index (κ1) is 22.6. The number of H-pyrrole nitrogens is 1. The second kappa shape index (κ2) is 8.90. The molecule has 0 radical (unpaired) electrons. The number of hydrogen-bond donors (Lipinski definition) is 2. The van der Waals surface area contributed by atoms with Gasteiger partial charge in [-0.15, -0.1) is 0 Å². The summed E-state index contributed by atoms with van der Waals surface area (Å²) in [5, 5.41) is 2.79. The highest BCUT2D eigenvalue weighted by molar-refractivity contribution is 5.94. The second-order valence-electron chi connectivity index (χ2n) is 8.49. The van der Waals surface area contributed by atoms with Crippen molar-refractivity contribution in [1.82, 2.24) is 24.4 Å². The van der Waals surface area contributed by atoms with Gasteiger partial charge < -0.3 is 10.3 Å². The molecule has 3 aromatic heterocycles. The summed E-state index contributed by atoms with van der Waals surface area (Å²) in [5.41, 5.74) is -1.19. The average molecular weight is 483 g/mol. The van der Waals surface area contributed by atoms with Crippen LogP contribution in [0.3, 0.4) is 0 Å². The Morgan fingerprint density at radius 1 is 1.03 bits per heavy atom. The van der Waals surface area contributed by atoms with Crippen molar-refractivity contribution >= 4 is 16.9 Å². The molecule has 1 aliphatic carbocycles. The summed E-state index contributed by atoms with van der Waals surface area (Å²) >= 11 is 0. The summed E-state index contributed by atoms with van der Waals surface area (Å²) in [6.45, 7) is 0. The Bertz CT molecular complexity index is 1540. The van der Waals surface area contributed by atoms with Gasteiger partial charge in [0.1, 0.15) is 5.82 Å². The predicted octanol–water partition coefficient (Wildman–Crippen LogP) is 3.21. The highest BCUT2D eigenvalue weighted by atomic mass is 19.2. The van der Waals surface area contributed by atoms with Crippen LogP contribution >= 0.6 is 0 Å². The van der Waals surface area contributed by atoms with Gasteiger partial charge in [0.2, 0.25) is 0 Å². The Labute approximate surface area is 196 Å². The van der Waals surface area contributed by atoms with Crippen molar-refractivity contribution in [3.05, 3.63) is 92.8 Å². The minimum Gasteiger partial charge on any atom is -0.367 e. The molecule has 8 nitrogen and oxygen atoms in total. The van der Waals surface area contributed by atoms with Gasteiger partial charge in [0, 0.05) is 30.5 Å². The first-order valence-electron chi connectivity index (χ1n) is 11.1. The fourth-order valence-electron chi connectivity index (χ4n) is 4.57. The lowest BCUT2D eigenvalue weighted by Gasteiger charge is -2.30. The van der Waals surface area contributed by atoms with Crippen LogP contribution in [0.15, 0.2) is 58.5 Å². The van der Waals surface area contributed by atoms with Crippen molar-refractivity contribution in [2.75, 3.05) is 0 Å². The van der Waals surface area contributed by atoms with Gasteiger partial charge in [0.05, 0.1) is 22.8 Å². The molecule has 1 fully saturated rings. The molecule has 2 N–H and O–H groups in total. The standard InChI is InChI=1S/C24H20F3N5O3/c25-14-9-18-21(29-12-14)31(17-5-6-19(26)20(27)10-17)24(35)32(23(18)34)16-3-1-15(2-4-16)30-22(33)13-7-8-28-11-13/h5-12,15-16,28H,1-4H2,(H,30,33). The van der Waals surface area contributed by atoms with E-state index in [0.29, 0.717) is 31.2 Å². The lowest BCUT2D eigenvalue weighted by Crippen LogP contribution is -2.45. The molecule has 1 aromatic carbocycles. The van der Waals surface area contributed by atoms with Crippen molar-refractivity contribution in [1.29, 1.82) is 0 Å². The maximum absolute atomic E-state index is 14.0. The van der Waals surface area contributed by atoms with Gasteiger partial charge in [-0.3, -0.25) is 14.2 Å². The molecular weight excluding hydrogens is 463 g/mol. The van der Waals surface area contributed by atoms with Crippen molar-refractivity contribution in [3.63, 3.8) is 0 Å². The number of carbonyl (C=O) groups excluding carboxylic acids is 1. The minimum atomic E-state index is -1.18. The van der Waals surface area contributed by atoms with Crippen LogP contribution in [-0.4, -0.2) is 31.1 Å². The molecule has 0 bridgehead atoms. The highest BCUT2D eigenvalue weighted by Gasteiger charge is 2.28. The molecule has 0 aliphatic heterocycles. The number of nitrogens with one attached hydrogen (secondary N) is 2. The fraction of sp³-hybridized carbons (Fsp3) is 0.250. The van der Waals surface area contributed by atoms with E-state index in [1.54, 1.807) is 18.5 Å². The van der Waals surface area contributed by atoms with Gasteiger partial charge in [0.25, 0.3) is 11.5 Å². The lowest BCUT2D eigenvalue weighted by molar-refractivity contribution is 0.0922. The number of hydrogen-bond acceptors (Lipinski definition) is 4. The molecule has 1 saturated carbocycles. The Hall–Kier alpha value is -4.15. The predicted molar refractivity (Wildman–Crippen MR) is 121 cm³/mol. The lowest BCUT2D eigenvalue weighted by atomic mass is 9.90. The van der Waals surface area contributed by atoms with E-state index in [9.17, 15) is 27.6 Å². The van der Waals surface area contributed by atoms with E-state index in [2.05, 4.69) is 15.3 Å². The zero-order chi connectivity index (χ0) is 24.7. The molecule has 1 aliphatic rings. The second-order valence-corrected chi connectivity index (χ2v) is 8.49. The molecule has 0 saturated heterocycles. The van der Waals surface area contributed by atoms with Crippen molar-refractivity contribution in [2.24, 2.45) is 0 Å². The largest absolute Gasteiger partial charge is 0.367 e. The third kappa shape index (κ3) is 4.13. The van der Waals surface area contributed by atoms with E-state index < -0.39 is 34.7 Å². The molecular formula is C24H20F3N5O3. The number of halogens is 3. The Kier molecular flexibility index (Phi) is 5.75. The number of fused-ring (bicyclic) bond motifs is 1. The first-order chi connectivity index (χ1) is 16.8. The van der Waals surface area contributed by atoms with Crippen LogP contribution in [-0.2, 0) is 0 Å². The van der Waals surface area contributed by atoms with E-state index in [1.165, 1.54) is 6.07 Å². The molecule has 1 amide bonds. The van der Waals surface area contributed by atoms with E-state index in [0.717, 1.165) is 33.5 Å². The smallest absolute Gasteiger partial charge is 0.337 e. The first-order valence-corrected chi connectivity index (χ1v) is 11.1. The number of benzene rings is 1. The molecule has 0 unspecified atom stereocenters. The van der Waals surface area contributed by atoms with Crippen LogP contribution in [0.5, 0.6) is 0 Å². The van der Waals surface area contributed by atoms with E-state index >= 15 is 0 Å². The number of amides is 1. The Morgan fingerprint density at radius 3 is 2.49 bits per heavy atom. The number of carbonyl (C=O) groups is 1. The van der Waals surface area contributed by atoms with Gasteiger partial charge in [-0.2, -0.15) is 0 Å². The van der Waals surface area contributed by atoms with Gasteiger partial charge in [-0.05, 0) is 49.9 Å². The molecule has 180 valence electrons. The number of rotatable bonds is 4. The van der Waals surface area contributed by atoms with Crippen LogP contribution in [0.1, 0.15) is 42.1 Å². The molecule has 0 spiro atoms. The molecule has 5 rings (SSSR count). The molecule has 11 heteroatoms. The monoisotopic (exact) mass is 483 g/mol. The third-order valence-electron chi connectivity index (χ3n) is 6.31. The highest BCUT2D eigenvalue weighted by Crippen LogP contribution is 2.28. The summed E-state index contributed by atoms with van der Waals surface area (Å²) in [6, 6.07) is 4.83. The van der Waals surface area contributed by atoms with Gasteiger partial charge >= 0.3 is 5.69 Å². The van der Waals surface area contributed by atoms with Gasteiger partial charge in [-0.1, -0.05) is 0 Å². The van der Waals surface area contributed by atoms with E-state index in [4.69, 9.17) is 0 Å². The van der Waals surface area contributed by atoms with Crippen LogP contribution < -0.4 is 16.6 Å². The maximum atomic E-state index is 14.0.